The minimum absolute atomic E-state index is 0.0557. The van der Waals surface area contributed by atoms with Gasteiger partial charge in [-0.2, -0.15) is 0 Å². The first kappa shape index (κ1) is 9.40. The number of fused-ring (bicyclic) bond motifs is 1. The van der Waals surface area contributed by atoms with Crippen molar-refractivity contribution in [1.82, 2.24) is 4.98 Å². The van der Waals surface area contributed by atoms with E-state index >= 15 is 0 Å². The number of nitrogens with zero attached hydrogens (tertiary/aromatic N) is 1. The smallest absolute Gasteiger partial charge is 0.346 e. The first-order valence-corrected chi connectivity index (χ1v) is 5.14. The summed E-state index contributed by atoms with van der Waals surface area (Å²) >= 11 is 3.31. The zero-order valence-corrected chi connectivity index (χ0v) is 9.11. The molecule has 0 saturated carbocycles. The van der Waals surface area contributed by atoms with Crippen molar-refractivity contribution < 1.29 is 4.42 Å². The van der Waals surface area contributed by atoms with Crippen molar-refractivity contribution in [3.63, 3.8) is 0 Å². The van der Waals surface area contributed by atoms with Gasteiger partial charge in [0.25, 0.3) is 0 Å². The van der Waals surface area contributed by atoms with Crippen LogP contribution in [0.15, 0.2) is 33.5 Å². The molecule has 72 valence electrons. The number of halogens is 1. The van der Waals surface area contributed by atoms with Crippen molar-refractivity contribution in [3.8, 4) is 0 Å². The fraction of sp³-hybridized carbons (Fsp3) is 0.200. The van der Waals surface area contributed by atoms with Crippen LogP contribution in [0.25, 0.3) is 10.9 Å². The Morgan fingerprint density at radius 3 is 2.86 bits per heavy atom. The van der Waals surface area contributed by atoms with Gasteiger partial charge < -0.3 is 4.42 Å². The van der Waals surface area contributed by atoms with Gasteiger partial charge in [0.1, 0.15) is 0 Å². The van der Waals surface area contributed by atoms with E-state index in [1.165, 1.54) is 0 Å². The molecule has 3 nitrogen and oxygen atoms in total. The highest BCUT2D eigenvalue weighted by molar-refractivity contribution is 9.09. The summed E-state index contributed by atoms with van der Waals surface area (Å²) in [5, 5.41) is 0.518. The molecule has 0 aliphatic heterocycles. The third kappa shape index (κ3) is 1.57. The van der Waals surface area contributed by atoms with Gasteiger partial charge in [-0.05, 0) is 19.1 Å². The van der Waals surface area contributed by atoms with Gasteiger partial charge in [-0.3, -0.25) is 0 Å². The molecule has 1 heterocycles. The summed E-state index contributed by atoms with van der Waals surface area (Å²) in [6.07, 6.45) is 0. The van der Waals surface area contributed by atoms with Crippen molar-refractivity contribution >= 4 is 26.8 Å². The van der Waals surface area contributed by atoms with E-state index in [9.17, 15) is 4.79 Å². The third-order valence-corrected chi connectivity index (χ3v) is 2.28. The van der Waals surface area contributed by atoms with Gasteiger partial charge in [0, 0.05) is 0 Å². The van der Waals surface area contributed by atoms with E-state index in [-0.39, 0.29) is 10.5 Å². The number of para-hydroxylation sites is 1. The first-order valence-electron chi connectivity index (χ1n) is 4.22. The molecular formula is C10H8BrNO2. The second kappa shape index (κ2) is 3.53. The van der Waals surface area contributed by atoms with Gasteiger partial charge in [0.2, 0.25) is 5.89 Å². The SMILES string of the molecule is C[C@H](Br)c1nc2ccccc2c(=O)o1. The molecule has 0 amide bonds. The van der Waals surface area contributed by atoms with Crippen LogP contribution in [0.5, 0.6) is 0 Å². The molecule has 14 heavy (non-hydrogen) atoms. The van der Waals surface area contributed by atoms with Gasteiger partial charge in [-0.15, -0.1) is 0 Å². The molecule has 0 saturated heterocycles. The molecule has 1 atom stereocenters. The predicted octanol–water partition coefficient (Wildman–Crippen LogP) is 2.64. The Morgan fingerprint density at radius 2 is 2.14 bits per heavy atom. The second-order valence-electron chi connectivity index (χ2n) is 2.97. The Labute approximate surface area is 88.9 Å². The highest BCUT2D eigenvalue weighted by atomic mass is 79.9. The monoisotopic (exact) mass is 253 g/mol. The van der Waals surface area contributed by atoms with E-state index in [0.717, 1.165) is 0 Å². The van der Waals surface area contributed by atoms with Crippen LogP contribution in [-0.2, 0) is 0 Å². The fourth-order valence-corrected chi connectivity index (χ4v) is 1.40. The maximum absolute atomic E-state index is 11.5. The molecule has 0 fully saturated rings. The number of benzene rings is 1. The molecule has 0 aliphatic rings. The summed E-state index contributed by atoms with van der Waals surface area (Å²) < 4.78 is 5.04. The number of aromatic nitrogens is 1. The molecule has 0 spiro atoms. The van der Waals surface area contributed by atoms with E-state index < -0.39 is 0 Å². The summed E-state index contributed by atoms with van der Waals surface area (Å²) in [4.78, 5) is 15.6. The zero-order valence-electron chi connectivity index (χ0n) is 7.53. The lowest BCUT2D eigenvalue weighted by atomic mass is 10.2. The Balaban J connectivity index is 2.79. The largest absolute Gasteiger partial charge is 0.407 e. The van der Waals surface area contributed by atoms with Gasteiger partial charge >= 0.3 is 5.63 Å². The second-order valence-corrected chi connectivity index (χ2v) is 4.35. The number of alkyl halides is 1. The van der Waals surface area contributed by atoms with Crippen LogP contribution in [-0.4, -0.2) is 4.98 Å². The number of hydrogen-bond donors (Lipinski definition) is 0. The minimum atomic E-state index is -0.336. The lowest BCUT2D eigenvalue weighted by Gasteiger charge is -2.01. The van der Waals surface area contributed by atoms with Crippen molar-refractivity contribution in [2.45, 2.75) is 11.8 Å². The van der Waals surface area contributed by atoms with Gasteiger partial charge in [0.05, 0.1) is 15.7 Å². The average Bonchev–Trinajstić information content (AvgIpc) is 2.17. The van der Waals surface area contributed by atoms with Crippen molar-refractivity contribution in [3.05, 3.63) is 40.6 Å². The summed E-state index contributed by atoms with van der Waals surface area (Å²) in [7, 11) is 0. The van der Waals surface area contributed by atoms with Crippen molar-refractivity contribution in [2.75, 3.05) is 0 Å². The topological polar surface area (TPSA) is 43.1 Å². The molecule has 4 heteroatoms. The van der Waals surface area contributed by atoms with E-state index in [1.54, 1.807) is 18.2 Å². The van der Waals surface area contributed by atoms with Crippen LogP contribution in [0.3, 0.4) is 0 Å². The van der Waals surface area contributed by atoms with Gasteiger partial charge in [0.15, 0.2) is 0 Å². The predicted molar refractivity (Wildman–Crippen MR) is 57.6 cm³/mol. The maximum atomic E-state index is 11.5. The summed E-state index contributed by atoms with van der Waals surface area (Å²) in [6.45, 7) is 1.86. The van der Waals surface area contributed by atoms with Crippen molar-refractivity contribution in [1.29, 1.82) is 0 Å². The number of rotatable bonds is 1. The Bertz CT molecular complexity index is 519. The Hall–Kier alpha value is -1.16. The van der Waals surface area contributed by atoms with Crippen LogP contribution in [0.1, 0.15) is 17.6 Å². The summed E-state index contributed by atoms with van der Waals surface area (Å²) in [5.41, 5.74) is 0.335. The van der Waals surface area contributed by atoms with Crippen LogP contribution >= 0.6 is 15.9 Å². The molecule has 0 bridgehead atoms. The lowest BCUT2D eigenvalue weighted by Crippen LogP contribution is -2.04. The standard InChI is InChI=1S/C10H8BrNO2/c1-6(11)9-12-8-5-3-2-4-7(8)10(13)14-9/h2-6H,1H3/t6-/m0/s1. The third-order valence-electron chi connectivity index (χ3n) is 1.89. The molecule has 2 rings (SSSR count). The normalized spacial score (nSPS) is 13.0. The average molecular weight is 254 g/mol. The molecule has 1 aromatic carbocycles. The van der Waals surface area contributed by atoms with Crippen LogP contribution < -0.4 is 5.63 Å². The van der Waals surface area contributed by atoms with Crippen LogP contribution in [0, 0.1) is 0 Å². The summed E-state index contributed by atoms with van der Waals surface area (Å²) in [5.74, 6) is 0.411. The molecule has 2 aromatic rings. The molecule has 0 unspecified atom stereocenters. The Morgan fingerprint density at radius 1 is 1.43 bits per heavy atom. The molecule has 0 radical (unpaired) electrons. The van der Waals surface area contributed by atoms with E-state index in [4.69, 9.17) is 4.42 Å². The van der Waals surface area contributed by atoms with Gasteiger partial charge in [-0.25, -0.2) is 9.78 Å². The molecule has 0 N–H and O–H groups in total. The minimum Gasteiger partial charge on any atom is -0.407 e. The van der Waals surface area contributed by atoms with Crippen molar-refractivity contribution in [2.24, 2.45) is 0 Å². The molecule has 1 aromatic heterocycles. The summed E-state index contributed by atoms with van der Waals surface area (Å²) in [6, 6.07) is 7.14. The van der Waals surface area contributed by atoms with E-state index in [1.807, 2.05) is 13.0 Å². The van der Waals surface area contributed by atoms with E-state index in [0.29, 0.717) is 16.8 Å². The highest BCUT2D eigenvalue weighted by Gasteiger charge is 2.09. The zero-order chi connectivity index (χ0) is 10.1. The van der Waals surface area contributed by atoms with Gasteiger partial charge in [-0.1, -0.05) is 28.1 Å². The number of hydrogen-bond acceptors (Lipinski definition) is 3. The Kier molecular flexibility index (Phi) is 2.37. The fourth-order valence-electron chi connectivity index (χ4n) is 1.21. The maximum Gasteiger partial charge on any atom is 0.346 e. The van der Waals surface area contributed by atoms with Crippen LogP contribution in [0.4, 0.5) is 0 Å². The quantitative estimate of drug-likeness (QED) is 0.734. The highest BCUT2D eigenvalue weighted by Crippen LogP contribution is 2.19. The first-order chi connectivity index (χ1) is 6.68. The molecule has 0 aliphatic carbocycles. The lowest BCUT2D eigenvalue weighted by molar-refractivity contribution is 0.449. The van der Waals surface area contributed by atoms with Crippen LogP contribution in [0.2, 0.25) is 0 Å². The molecular weight excluding hydrogens is 246 g/mol. The van der Waals surface area contributed by atoms with E-state index in [2.05, 4.69) is 20.9 Å².